The van der Waals surface area contributed by atoms with Crippen LogP contribution in [0.15, 0.2) is 53.0 Å². The number of hydrogen-bond acceptors (Lipinski definition) is 3. The summed E-state index contributed by atoms with van der Waals surface area (Å²) in [5.41, 5.74) is 0. The molecule has 0 amide bonds. The van der Waals surface area contributed by atoms with Crippen molar-refractivity contribution in [1.29, 1.82) is 0 Å². The molecule has 0 bridgehead atoms. The molecule has 0 radical (unpaired) electrons. The van der Waals surface area contributed by atoms with Crippen molar-refractivity contribution in [3.05, 3.63) is 53.0 Å². The van der Waals surface area contributed by atoms with Gasteiger partial charge >= 0.3 is 0 Å². The van der Waals surface area contributed by atoms with Gasteiger partial charge in [0.1, 0.15) is 5.75 Å². The highest BCUT2D eigenvalue weighted by atomic mass is 79.9. The highest BCUT2D eigenvalue weighted by Crippen LogP contribution is 2.33. The Morgan fingerprint density at radius 1 is 0.941 bits per heavy atom. The van der Waals surface area contributed by atoms with Gasteiger partial charge in [-0.2, -0.15) is 0 Å². The van der Waals surface area contributed by atoms with E-state index in [-0.39, 0.29) is 0 Å². The zero-order valence-electron chi connectivity index (χ0n) is 8.97. The van der Waals surface area contributed by atoms with Gasteiger partial charge in [0.25, 0.3) is 0 Å². The van der Waals surface area contributed by atoms with Crippen LogP contribution in [0.2, 0.25) is 0 Å². The zero-order chi connectivity index (χ0) is 12.1. The lowest BCUT2D eigenvalue weighted by Gasteiger charge is -1.93. The largest absolute Gasteiger partial charge is 0.508 e. The number of phenolic OH excluding ortho intramolecular Hbond substituents is 1. The smallest absolute Gasteiger partial charge is 0.231 e. The number of benzene rings is 2. The van der Waals surface area contributed by atoms with Gasteiger partial charge < -0.3 is 14.6 Å². The maximum absolute atomic E-state index is 8.63. The lowest BCUT2D eigenvalue weighted by Crippen LogP contribution is -1.92. The molecule has 1 aliphatic rings. The molecular formula is C13H11BrO3. The quantitative estimate of drug-likeness (QED) is 0.807. The van der Waals surface area contributed by atoms with Gasteiger partial charge in [-0.05, 0) is 30.3 Å². The first-order chi connectivity index (χ1) is 8.25. The predicted molar refractivity (Wildman–Crippen MR) is 68.4 cm³/mol. The highest BCUT2D eigenvalue weighted by molar-refractivity contribution is 9.10. The third-order valence-electron chi connectivity index (χ3n) is 2.09. The van der Waals surface area contributed by atoms with E-state index in [0.29, 0.717) is 12.5 Å². The van der Waals surface area contributed by atoms with Gasteiger partial charge in [0, 0.05) is 4.47 Å². The summed E-state index contributed by atoms with van der Waals surface area (Å²) in [4.78, 5) is 0. The van der Waals surface area contributed by atoms with Crippen LogP contribution in [-0.2, 0) is 0 Å². The Labute approximate surface area is 108 Å². The third-order valence-corrected chi connectivity index (χ3v) is 2.58. The minimum Gasteiger partial charge on any atom is -0.508 e. The summed E-state index contributed by atoms with van der Waals surface area (Å²) in [7, 11) is 0. The first kappa shape index (κ1) is 11.8. The first-order valence-electron chi connectivity index (χ1n) is 5.05. The van der Waals surface area contributed by atoms with Crippen molar-refractivity contribution in [1.82, 2.24) is 0 Å². The van der Waals surface area contributed by atoms with E-state index in [1.54, 1.807) is 24.3 Å². The van der Waals surface area contributed by atoms with Gasteiger partial charge in [0.2, 0.25) is 6.79 Å². The van der Waals surface area contributed by atoms with Crippen molar-refractivity contribution in [3.8, 4) is 17.2 Å². The van der Waals surface area contributed by atoms with Gasteiger partial charge in [-0.1, -0.05) is 34.1 Å². The maximum atomic E-state index is 8.63. The van der Waals surface area contributed by atoms with E-state index < -0.39 is 0 Å². The summed E-state index contributed by atoms with van der Waals surface area (Å²) in [6.45, 7) is 0.339. The third kappa shape index (κ3) is 3.39. The first-order valence-corrected chi connectivity index (χ1v) is 5.84. The van der Waals surface area contributed by atoms with E-state index in [4.69, 9.17) is 14.6 Å². The van der Waals surface area contributed by atoms with Crippen molar-refractivity contribution in [2.24, 2.45) is 0 Å². The monoisotopic (exact) mass is 294 g/mol. The summed E-state index contributed by atoms with van der Waals surface area (Å²) in [5, 5.41) is 8.63. The van der Waals surface area contributed by atoms with Crippen molar-refractivity contribution < 1.29 is 14.6 Å². The molecule has 0 aliphatic carbocycles. The van der Waals surface area contributed by atoms with E-state index >= 15 is 0 Å². The Balaban J connectivity index is 0.000000136. The number of ether oxygens (including phenoxy) is 2. The predicted octanol–water partition coefficient (Wildman–Crippen LogP) is 3.57. The molecular weight excluding hydrogens is 284 g/mol. The molecule has 0 saturated heterocycles. The van der Waals surface area contributed by atoms with E-state index in [0.717, 1.165) is 16.0 Å². The van der Waals surface area contributed by atoms with Crippen LogP contribution in [-0.4, -0.2) is 11.9 Å². The van der Waals surface area contributed by atoms with Gasteiger partial charge in [-0.15, -0.1) is 0 Å². The van der Waals surface area contributed by atoms with Gasteiger partial charge in [-0.25, -0.2) is 0 Å². The van der Waals surface area contributed by atoms with Gasteiger partial charge in [-0.3, -0.25) is 0 Å². The number of hydrogen-bond donors (Lipinski definition) is 1. The van der Waals surface area contributed by atoms with E-state index in [1.165, 1.54) is 0 Å². The maximum Gasteiger partial charge on any atom is 0.231 e. The summed E-state index contributed by atoms with van der Waals surface area (Å²) in [5.74, 6) is 1.96. The summed E-state index contributed by atoms with van der Waals surface area (Å²) in [6.07, 6.45) is 0. The lowest BCUT2D eigenvalue weighted by atomic mass is 10.3. The Hall–Kier alpha value is -1.68. The van der Waals surface area contributed by atoms with Crippen molar-refractivity contribution in [2.45, 2.75) is 0 Å². The fourth-order valence-corrected chi connectivity index (χ4v) is 1.64. The Bertz CT molecular complexity index is 485. The lowest BCUT2D eigenvalue weighted by molar-refractivity contribution is 0.174. The molecule has 2 aromatic carbocycles. The second kappa shape index (κ2) is 5.59. The Kier molecular flexibility index (Phi) is 3.88. The summed E-state index contributed by atoms with van der Waals surface area (Å²) in [6, 6.07) is 14.4. The zero-order valence-corrected chi connectivity index (χ0v) is 10.6. The fourth-order valence-electron chi connectivity index (χ4n) is 1.30. The van der Waals surface area contributed by atoms with Crippen LogP contribution < -0.4 is 9.47 Å². The standard InChI is InChI=1S/C7H5BrO2.C6H6O/c8-5-1-2-6-7(3-5)10-4-9-6;7-6-4-2-1-3-5-6/h1-3H,4H2;1-5,7H. The van der Waals surface area contributed by atoms with Crippen LogP contribution in [0.4, 0.5) is 0 Å². The molecule has 3 nitrogen and oxygen atoms in total. The molecule has 0 atom stereocenters. The second-order valence-electron chi connectivity index (χ2n) is 3.33. The number of phenols is 1. The van der Waals surface area contributed by atoms with Crippen LogP contribution in [0.5, 0.6) is 17.2 Å². The number of aromatic hydroxyl groups is 1. The SMILES string of the molecule is Brc1ccc2c(c1)OCO2.Oc1ccccc1. The number of para-hydroxylation sites is 1. The molecule has 0 fully saturated rings. The molecule has 0 saturated carbocycles. The average Bonchev–Trinajstić information content (AvgIpc) is 2.78. The van der Waals surface area contributed by atoms with Crippen LogP contribution in [0, 0.1) is 0 Å². The van der Waals surface area contributed by atoms with Crippen LogP contribution >= 0.6 is 15.9 Å². The highest BCUT2D eigenvalue weighted by Gasteiger charge is 2.11. The molecule has 1 heterocycles. The van der Waals surface area contributed by atoms with E-state index in [1.807, 2.05) is 24.3 Å². The van der Waals surface area contributed by atoms with Crippen molar-refractivity contribution in [3.63, 3.8) is 0 Å². The molecule has 4 heteroatoms. The number of halogens is 1. The summed E-state index contributed by atoms with van der Waals surface area (Å²) < 4.78 is 11.2. The second-order valence-corrected chi connectivity index (χ2v) is 4.25. The molecule has 1 aliphatic heterocycles. The Morgan fingerprint density at radius 3 is 2.29 bits per heavy atom. The molecule has 3 rings (SSSR count). The minimum absolute atomic E-state index is 0.322. The fraction of sp³-hybridized carbons (Fsp3) is 0.0769. The minimum atomic E-state index is 0.322. The molecule has 0 unspecified atom stereocenters. The van der Waals surface area contributed by atoms with E-state index in [2.05, 4.69) is 15.9 Å². The molecule has 0 aromatic heterocycles. The van der Waals surface area contributed by atoms with Gasteiger partial charge in [0.15, 0.2) is 11.5 Å². The van der Waals surface area contributed by atoms with Crippen LogP contribution in [0.3, 0.4) is 0 Å². The molecule has 88 valence electrons. The van der Waals surface area contributed by atoms with Crippen molar-refractivity contribution in [2.75, 3.05) is 6.79 Å². The normalized spacial score (nSPS) is 11.6. The number of fused-ring (bicyclic) bond motifs is 1. The average molecular weight is 295 g/mol. The topological polar surface area (TPSA) is 38.7 Å². The molecule has 0 spiro atoms. The van der Waals surface area contributed by atoms with E-state index in [9.17, 15) is 0 Å². The molecule has 2 aromatic rings. The molecule has 1 N–H and O–H groups in total. The summed E-state index contributed by atoms with van der Waals surface area (Å²) >= 11 is 3.33. The van der Waals surface area contributed by atoms with Crippen molar-refractivity contribution >= 4 is 15.9 Å². The number of rotatable bonds is 0. The van der Waals surface area contributed by atoms with Crippen LogP contribution in [0.1, 0.15) is 0 Å². The molecule has 17 heavy (non-hydrogen) atoms. The van der Waals surface area contributed by atoms with Crippen LogP contribution in [0.25, 0.3) is 0 Å². The van der Waals surface area contributed by atoms with Gasteiger partial charge in [0.05, 0.1) is 0 Å². The Morgan fingerprint density at radius 2 is 1.65 bits per heavy atom.